The predicted molar refractivity (Wildman–Crippen MR) is 76.4 cm³/mol. The van der Waals surface area contributed by atoms with Crippen molar-refractivity contribution in [3.05, 3.63) is 57.3 Å². The molecule has 1 aromatic carbocycles. The number of hydrogen-bond acceptors (Lipinski definition) is 5. The Kier molecular flexibility index (Phi) is 3.84. The molecule has 0 saturated carbocycles. The van der Waals surface area contributed by atoms with Gasteiger partial charge in [-0.3, -0.25) is 14.9 Å². The summed E-state index contributed by atoms with van der Waals surface area (Å²) in [6.07, 6.45) is 0. The molecular formula is C14H13N3O4. The van der Waals surface area contributed by atoms with Crippen LogP contribution < -0.4 is 5.32 Å². The molecule has 2 aromatic rings. The summed E-state index contributed by atoms with van der Waals surface area (Å²) in [6, 6.07) is 6.98. The van der Waals surface area contributed by atoms with Crippen molar-refractivity contribution in [3.63, 3.8) is 0 Å². The Morgan fingerprint density at radius 1 is 1.29 bits per heavy atom. The number of aryl methyl sites for hydroxylation is 2. The minimum absolute atomic E-state index is 0.110. The third-order valence-electron chi connectivity index (χ3n) is 2.77. The first-order chi connectivity index (χ1) is 9.86. The zero-order chi connectivity index (χ0) is 15.6. The van der Waals surface area contributed by atoms with Crippen LogP contribution in [-0.2, 0) is 0 Å². The lowest BCUT2D eigenvalue weighted by molar-refractivity contribution is -0.385. The molecule has 21 heavy (non-hydrogen) atoms. The van der Waals surface area contributed by atoms with Crippen LogP contribution in [0.25, 0.3) is 0 Å². The predicted octanol–water partition coefficient (Wildman–Crippen LogP) is 2.56. The fraction of sp³-hybridized carbons (Fsp3) is 0.143. The Morgan fingerprint density at radius 2 is 2.00 bits per heavy atom. The number of aromatic hydroxyl groups is 1. The molecule has 108 valence electrons. The number of carbonyl (C=O) groups is 1. The van der Waals surface area contributed by atoms with E-state index in [1.807, 2.05) is 13.0 Å². The van der Waals surface area contributed by atoms with Gasteiger partial charge in [0.2, 0.25) is 0 Å². The maximum atomic E-state index is 12.0. The van der Waals surface area contributed by atoms with Gasteiger partial charge < -0.3 is 10.4 Å². The standard InChI is InChI=1S/C14H13N3O4/c1-8-5-9(2)15-13(6-8)16-14(19)10-3-4-11(17(20)21)12(18)7-10/h3-7,18H,1-2H3,(H,15,16,19). The molecule has 2 rings (SSSR count). The van der Waals surface area contributed by atoms with Crippen molar-refractivity contribution in [3.8, 4) is 5.75 Å². The number of anilines is 1. The number of nitrogens with one attached hydrogen (secondary N) is 1. The van der Waals surface area contributed by atoms with Gasteiger partial charge in [0.05, 0.1) is 4.92 Å². The molecule has 0 unspecified atom stereocenters. The number of carbonyl (C=O) groups excluding carboxylic acids is 1. The van der Waals surface area contributed by atoms with Gasteiger partial charge in [-0.15, -0.1) is 0 Å². The van der Waals surface area contributed by atoms with E-state index in [0.29, 0.717) is 5.82 Å². The van der Waals surface area contributed by atoms with Crippen LogP contribution in [0.1, 0.15) is 21.6 Å². The average Bonchev–Trinajstić information content (AvgIpc) is 2.36. The molecule has 0 aliphatic heterocycles. The van der Waals surface area contributed by atoms with Gasteiger partial charge in [0.1, 0.15) is 5.82 Å². The number of nitrogens with zero attached hydrogens (tertiary/aromatic N) is 2. The number of phenolic OH excluding ortho intramolecular Hbond substituents is 1. The molecule has 0 fully saturated rings. The molecule has 7 heteroatoms. The molecule has 1 amide bonds. The molecule has 1 aromatic heterocycles. The van der Waals surface area contributed by atoms with Crippen LogP contribution >= 0.6 is 0 Å². The Labute approximate surface area is 120 Å². The second-order valence-electron chi connectivity index (χ2n) is 4.59. The van der Waals surface area contributed by atoms with E-state index >= 15 is 0 Å². The van der Waals surface area contributed by atoms with E-state index in [1.54, 1.807) is 13.0 Å². The number of nitro groups is 1. The Balaban J connectivity index is 2.24. The highest BCUT2D eigenvalue weighted by atomic mass is 16.6. The lowest BCUT2D eigenvalue weighted by Crippen LogP contribution is -2.13. The first-order valence-corrected chi connectivity index (χ1v) is 6.11. The maximum Gasteiger partial charge on any atom is 0.310 e. The average molecular weight is 287 g/mol. The van der Waals surface area contributed by atoms with Gasteiger partial charge in [-0.2, -0.15) is 0 Å². The van der Waals surface area contributed by atoms with Crippen LogP contribution in [0.3, 0.4) is 0 Å². The number of nitro benzene ring substituents is 1. The van der Waals surface area contributed by atoms with Crippen molar-refractivity contribution < 1.29 is 14.8 Å². The van der Waals surface area contributed by atoms with E-state index in [0.717, 1.165) is 23.4 Å². The molecule has 0 bridgehead atoms. The molecule has 2 N–H and O–H groups in total. The van der Waals surface area contributed by atoms with Crippen LogP contribution in [0.2, 0.25) is 0 Å². The Bertz CT molecular complexity index is 708. The fourth-order valence-electron chi connectivity index (χ4n) is 1.91. The highest BCUT2D eigenvalue weighted by Crippen LogP contribution is 2.26. The van der Waals surface area contributed by atoms with Crippen LogP contribution in [0.15, 0.2) is 30.3 Å². The number of pyridine rings is 1. The Morgan fingerprint density at radius 3 is 2.57 bits per heavy atom. The van der Waals surface area contributed by atoms with E-state index in [-0.39, 0.29) is 5.56 Å². The van der Waals surface area contributed by atoms with E-state index in [2.05, 4.69) is 10.3 Å². The Hall–Kier alpha value is -2.96. The topological polar surface area (TPSA) is 105 Å². The van der Waals surface area contributed by atoms with Crippen LogP contribution in [-0.4, -0.2) is 20.9 Å². The van der Waals surface area contributed by atoms with Gasteiger partial charge >= 0.3 is 5.69 Å². The van der Waals surface area contributed by atoms with Gasteiger partial charge in [0, 0.05) is 17.3 Å². The van der Waals surface area contributed by atoms with Gasteiger partial charge in [-0.25, -0.2) is 4.98 Å². The summed E-state index contributed by atoms with van der Waals surface area (Å²) in [7, 11) is 0. The summed E-state index contributed by atoms with van der Waals surface area (Å²) >= 11 is 0. The largest absolute Gasteiger partial charge is 0.502 e. The number of amides is 1. The van der Waals surface area contributed by atoms with Crippen molar-refractivity contribution in [2.24, 2.45) is 0 Å². The molecule has 0 aliphatic carbocycles. The third kappa shape index (κ3) is 3.33. The van der Waals surface area contributed by atoms with E-state index < -0.39 is 22.3 Å². The van der Waals surface area contributed by atoms with Gasteiger partial charge in [0.25, 0.3) is 5.91 Å². The highest BCUT2D eigenvalue weighted by Gasteiger charge is 2.16. The number of rotatable bonds is 3. The quantitative estimate of drug-likeness (QED) is 0.666. The molecule has 0 spiro atoms. The monoisotopic (exact) mass is 287 g/mol. The summed E-state index contributed by atoms with van der Waals surface area (Å²) in [5.41, 5.74) is 1.37. The van der Waals surface area contributed by atoms with Crippen LogP contribution in [0, 0.1) is 24.0 Å². The minimum atomic E-state index is -0.720. The normalized spacial score (nSPS) is 10.2. The lowest BCUT2D eigenvalue weighted by Gasteiger charge is -2.07. The number of phenols is 1. The number of hydrogen-bond donors (Lipinski definition) is 2. The summed E-state index contributed by atoms with van der Waals surface area (Å²) < 4.78 is 0. The van der Waals surface area contributed by atoms with Crippen molar-refractivity contribution in [1.29, 1.82) is 0 Å². The van der Waals surface area contributed by atoms with Gasteiger partial charge in [0.15, 0.2) is 5.75 Å². The second kappa shape index (κ2) is 5.58. The first-order valence-electron chi connectivity index (χ1n) is 6.11. The maximum absolute atomic E-state index is 12.0. The molecular weight excluding hydrogens is 274 g/mol. The SMILES string of the molecule is Cc1cc(C)nc(NC(=O)c2ccc([N+](=O)[O-])c(O)c2)c1. The van der Waals surface area contributed by atoms with Crippen molar-refractivity contribution in [1.82, 2.24) is 4.98 Å². The molecule has 0 radical (unpaired) electrons. The lowest BCUT2D eigenvalue weighted by atomic mass is 10.1. The molecule has 1 heterocycles. The van der Waals surface area contributed by atoms with E-state index in [1.165, 1.54) is 6.07 Å². The molecule has 7 nitrogen and oxygen atoms in total. The fourth-order valence-corrected chi connectivity index (χ4v) is 1.91. The van der Waals surface area contributed by atoms with Crippen molar-refractivity contribution >= 4 is 17.4 Å². The van der Waals surface area contributed by atoms with Crippen molar-refractivity contribution in [2.45, 2.75) is 13.8 Å². The molecule has 0 saturated heterocycles. The van der Waals surface area contributed by atoms with E-state index in [4.69, 9.17) is 0 Å². The number of benzene rings is 1. The third-order valence-corrected chi connectivity index (χ3v) is 2.77. The summed E-state index contributed by atoms with van der Waals surface area (Å²) in [5, 5.41) is 22.7. The second-order valence-corrected chi connectivity index (χ2v) is 4.59. The minimum Gasteiger partial charge on any atom is -0.502 e. The van der Waals surface area contributed by atoms with Crippen LogP contribution in [0.5, 0.6) is 5.75 Å². The molecule has 0 atom stereocenters. The smallest absolute Gasteiger partial charge is 0.310 e. The van der Waals surface area contributed by atoms with Crippen molar-refractivity contribution in [2.75, 3.05) is 5.32 Å². The first kappa shape index (κ1) is 14.4. The summed E-state index contributed by atoms with van der Waals surface area (Å²) in [6.45, 7) is 3.68. The highest BCUT2D eigenvalue weighted by molar-refractivity contribution is 6.04. The van der Waals surface area contributed by atoms with Gasteiger partial charge in [-0.1, -0.05) is 0 Å². The summed E-state index contributed by atoms with van der Waals surface area (Å²) in [5.74, 6) is -0.672. The van der Waals surface area contributed by atoms with E-state index in [9.17, 15) is 20.0 Å². The number of aromatic nitrogens is 1. The van der Waals surface area contributed by atoms with Gasteiger partial charge in [-0.05, 0) is 43.7 Å². The zero-order valence-corrected chi connectivity index (χ0v) is 11.5. The van der Waals surface area contributed by atoms with Crippen LogP contribution in [0.4, 0.5) is 11.5 Å². The zero-order valence-electron chi connectivity index (χ0n) is 11.5. The molecule has 0 aliphatic rings. The summed E-state index contributed by atoms with van der Waals surface area (Å²) in [4.78, 5) is 26.1.